The Kier molecular flexibility index (Phi) is 3.19. The molecule has 1 aromatic heterocycles. The highest BCUT2D eigenvalue weighted by molar-refractivity contribution is 5.98. The largest absolute Gasteiger partial charge is 0.351 e. The van der Waals surface area contributed by atoms with Gasteiger partial charge in [0, 0.05) is 10.9 Å². The Labute approximate surface area is 129 Å². The Balaban J connectivity index is 1.59. The number of nitrogens with one attached hydrogen (secondary N) is 2. The van der Waals surface area contributed by atoms with Crippen molar-refractivity contribution in [2.45, 2.75) is 18.9 Å². The minimum Gasteiger partial charge on any atom is -0.351 e. The van der Waals surface area contributed by atoms with Crippen molar-refractivity contribution in [1.29, 1.82) is 0 Å². The lowest BCUT2D eigenvalue weighted by molar-refractivity contribution is 0.0927. The highest BCUT2D eigenvalue weighted by Crippen LogP contribution is 2.41. The van der Waals surface area contributed by atoms with Crippen LogP contribution in [0.4, 0.5) is 0 Å². The molecule has 1 saturated carbocycles. The zero-order valence-corrected chi connectivity index (χ0v) is 12.3. The van der Waals surface area contributed by atoms with E-state index in [0.29, 0.717) is 11.6 Å². The molecule has 1 heterocycles. The smallest absolute Gasteiger partial charge is 0.268 e. The first kappa shape index (κ1) is 13.1. The fraction of sp³-hybridized carbons (Fsp3) is 0.211. The number of rotatable bonds is 4. The summed E-state index contributed by atoms with van der Waals surface area (Å²) in [5.41, 5.74) is 2.81. The van der Waals surface area contributed by atoms with E-state index in [1.165, 1.54) is 18.4 Å². The van der Waals surface area contributed by atoms with E-state index in [1.807, 2.05) is 48.5 Å². The van der Waals surface area contributed by atoms with Crippen molar-refractivity contribution in [1.82, 2.24) is 10.3 Å². The van der Waals surface area contributed by atoms with E-state index < -0.39 is 0 Å². The number of para-hydroxylation sites is 1. The molecule has 110 valence electrons. The van der Waals surface area contributed by atoms with Gasteiger partial charge >= 0.3 is 0 Å². The molecule has 1 atom stereocenters. The van der Waals surface area contributed by atoms with Crippen molar-refractivity contribution in [3.05, 3.63) is 71.9 Å². The van der Waals surface area contributed by atoms with Gasteiger partial charge in [-0.15, -0.1) is 0 Å². The number of hydrogen-bond acceptors (Lipinski definition) is 1. The quantitative estimate of drug-likeness (QED) is 0.748. The monoisotopic (exact) mass is 290 g/mol. The molecule has 3 nitrogen and oxygen atoms in total. The van der Waals surface area contributed by atoms with Gasteiger partial charge in [0.1, 0.15) is 5.69 Å². The topological polar surface area (TPSA) is 44.9 Å². The van der Waals surface area contributed by atoms with Gasteiger partial charge in [0.05, 0.1) is 6.04 Å². The van der Waals surface area contributed by atoms with Crippen LogP contribution in [0.2, 0.25) is 0 Å². The third kappa shape index (κ3) is 2.50. The second kappa shape index (κ2) is 5.34. The second-order valence-electron chi connectivity index (χ2n) is 5.97. The van der Waals surface area contributed by atoms with Gasteiger partial charge in [-0.05, 0) is 36.5 Å². The van der Waals surface area contributed by atoms with Gasteiger partial charge in [-0.3, -0.25) is 4.79 Å². The minimum atomic E-state index is -0.0306. The number of amides is 1. The zero-order valence-electron chi connectivity index (χ0n) is 12.3. The summed E-state index contributed by atoms with van der Waals surface area (Å²) in [7, 11) is 0. The average molecular weight is 290 g/mol. The van der Waals surface area contributed by atoms with Crippen LogP contribution in [0, 0.1) is 5.92 Å². The Hall–Kier alpha value is -2.55. The first-order valence-electron chi connectivity index (χ1n) is 7.75. The summed E-state index contributed by atoms with van der Waals surface area (Å²) >= 11 is 0. The molecule has 2 N–H and O–H groups in total. The minimum absolute atomic E-state index is 0.0306. The van der Waals surface area contributed by atoms with E-state index in [-0.39, 0.29) is 11.9 Å². The first-order valence-corrected chi connectivity index (χ1v) is 7.75. The standard InChI is InChI=1S/C19H18N2O/c22-19(17-12-15-8-4-5-9-16(15)20-17)21-18(14-10-11-14)13-6-2-1-3-7-13/h1-9,12,14,18,20H,10-11H2,(H,21,22). The summed E-state index contributed by atoms with van der Waals surface area (Å²) in [5, 5.41) is 4.27. The lowest BCUT2D eigenvalue weighted by atomic mass is 10.0. The molecule has 2 aromatic carbocycles. The molecule has 4 rings (SSSR count). The third-order valence-corrected chi connectivity index (χ3v) is 4.31. The summed E-state index contributed by atoms with van der Waals surface area (Å²) in [5.74, 6) is 0.535. The number of carbonyl (C=O) groups excluding carboxylic acids is 1. The number of hydrogen-bond donors (Lipinski definition) is 2. The maximum Gasteiger partial charge on any atom is 0.268 e. The Morgan fingerprint density at radius 3 is 2.50 bits per heavy atom. The van der Waals surface area contributed by atoms with Crippen molar-refractivity contribution in [3.8, 4) is 0 Å². The molecule has 0 bridgehead atoms. The number of fused-ring (bicyclic) bond motifs is 1. The summed E-state index contributed by atoms with van der Waals surface area (Å²) in [4.78, 5) is 15.8. The molecule has 1 fully saturated rings. The van der Waals surface area contributed by atoms with Crippen LogP contribution in [0.1, 0.15) is 34.9 Å². The molecule has 1 unspecified atom stereocenters. The van der Waals surface area contributed by atoms with Gasteiger partial charge in [0.2, 0.25) is 0 Å². The van der Waals surface area contributed by atoms with E-state index in [1.54, 1.807) is 0 Å². The van der Waals surface area contributed by atoms with Crippen LogP contribution in [-0.2, 0) is 0 Å². The number of benzene rings is 2. The molecule has 22 heavy (non-hydrogen) atoms. The second-order valence-corrected chi connectivity index (χ2v) is 5.97. The van der Waals surface area contributed by atoms with Gasteiger partial charge in [0.15, 0.2) is 0 Å². The van der Waals surface area contributed by atoms with Crippen LogP contribution in [-0.4, -0.2) is 10.9 Å². The molecular weight excluding hydrogens is 272 g/mol. The Morgan fingerprint density at radius 1 is 1.05 bits per heavy atom. The van der Waals surface area contributed by atoms with Crippen LogP contribution in [0.15, 0.2) is 60.7 Å². The summed E-state index contributed by atoms with van der Waals surface area (Å²) in [6.45, 7) is 0. The molecule has 0 radical (unpaired) electrons. The van der Waals surface area contributed by atoms with Crippen LogP contribution < -0.4 is 5.32 Å². The normalized spacial score (nSPS) is 15.6. The maximum atomic E-state index is 12.6. The molecule has 3 heteroatoms. The number of aromatic amines is 1. The predicted octanol–water partition coefficient (Wildman–Crippen LogP) is 4.05. The molecule has 0 spiro atoms. The lowest BCUT2D eigenvalue weighted by Gasteiger charge is -2.18. The lowest BCUT2D eigenvalue weighted by Crippen LogP contribution is -2.30. The SMILES string of the molecule is O=C(NC(c1ccccc1)C1CC1)c1cc2ccccc2[nH]1. The highest BCUT2D eigenvalue weighted by atomic mass is 16.1. The van der Waals surface area contributed by atoms with Gasteiger partial charge in [-0.1, -0.05) is 48.5 Å². The van der Waals surface area contributed by atoms with Crippen molar-refractivity contribution < 1.29 is 4.79 Å². The Bertz CT molecular complexity index is 769. The summed E-state index contributed by atoms with van der Waals surface area (Å²) < 4.78 is 0. The van der Waals surface area contributed by atoms with E-state index in [2.05, 4.69) is 22.4 Å². The van der Waals surface area contributed by atoms with Crippen LogP contribution in [0.25, 0.3) is 10.9 Å². The van der Waals surface area contributed by atoms with Crippen molar-refractivity contribution in [3.63, 3.8) is 0 Å². The van der Waals surface area contributed by atoms with E-state index in [9.17, 15) is 4.79 Å². The van der Waals surface area contributed by atoms with Crippen molar-refractivity contribution in [2.75, 3.05) is 0 Å². The molecular formula is C19H18N2O. The average Bonchev–Trinajstić information content (AvgIpc) is 3.30. The summed E-state index contributed by atoms with van der Waals surface area (Å²) in [6.07, 6.45) is 2.37. The van der Waals surface area contributed by atoms with Crippen LogP contribution >= 0.6 is 0 Å². The van der Waals surface area contributed by atoms with Gasteiger partial charge < -0.3 is 10.3 Å². The summed E-state index contributed by atoms with van der Waals surface area (Å²) in [6, 6.07) is 20.2. The first-order chi connectivity index (χ1) is 10.8. The molecule has 0 aliphatic heterocycles. The molecule has 0 saturated heterocycles. The van der Waals surface area contributed by atoms with Gasteiger partial charge in [-0.25, -0.2) is 0 Å². The zero-order chi connectivity index (χ0) is 14.9. The fourth-order valence-corrected chi connectivity index (χ4v) is 2.98. The fourth-order valence-electron chi connectivity index (χ4n) is 2.98. The Morgan fingerprint density at radius 2 is 1.77 bits per heavy atom. The van der Waals surface area contributed by atoms with Gasteiger partial charge in [0.25, 0.3) is 5.91 Å². The molecule has 1 amide bonds. The predicted molar refractivity (Wildman–Crippen MR) is 87.7 cm³/mol. The van der Waals surface area contributed by atoms with E-state index in [0.717, 1.165) is 10.9 Å². The van der Waals surface area contributed by atoms with Crippen molar-refractivity contribution >= 4 is 16.8 Å². The van der Waals surface area contributed by atoms with Crippen LogP contribution in [0.5, 0.6) is 0 Å². The number of aromatic nitrogens is 1. The maximum absolute atomic E-state index is 12.6. The number of H-pyrrole nitrogens is 1. The molecule has 1 aliphatic carbocycles. The van der Waals surface area contributed by atoms with E-state index >= 15 is 0 Å². The van der Waals surface area contributed by atoms with Crippen LogP contribution in [0.3, 0.4) is 0 Å². The highest BCUT2D eigenvalue weighted by Gasteiger charge is 2.33. The molecule has 1 aliphatic rings. The van der Waals surface area contributed by atoms with E-state index in [4.69, 9.17) is 0 Å². The van der Waals surface area contributed by atoms with Gasteiger partial charge in [-0.2, -0.15) is 0 Å². The van der Waals surface area contributed by atoms with Crippen molar-refractivity contribution in [2.24, 2.45) is 5.92 Å². The third-order valence-electron chi connectivity index (χ3n) is 4.31. The molecule has 3 aromatic rings. The number of carbonyl (C=O) groups is 1.